The minimum Gasteiger partial charge on any atom is -0.388 e. The van der Waals surface area contributed by atoms with E-state index in [2.05, 4.69) is 0 Å². The molecule has 0 spiro atoms. The summed E-state index contributed by atoms with van der Waals surface area (Å²) in [6.07, 6.45) is 2.41. The van der Waals surface area contributed by atoms with Crippen molar-refractivity contribution in [3.63, 3.8) is 0 Å². The maximum Gasteiger partial charge on any atom is 0.200 e. The molecular formula is C15H15F5O. The Labute approximate surface area is 118 Å². The topological polar surface area (TPSA) is 20.2 Å². The predicted octanol–water partition coefficient (Wildman–Crippen LogP) is 4.24. The number of aliphatic hydroxyl groups is 1. The molecule has 1 nitrogen and oxygen atoms in total. The van der Waals surface area contributed by atoms with Crippen molar-refractivity contribution >= 4 is 0 Å². The molecule has 4 atom stereocenters. The average molecular weight is 306 g/mol. The van der Waals surface area contributed by atoms with Crippen LogP contribution in [0.25, 0.3) is 0 Å². The minimum atomic E-state index is -2.19. The maximum absolute atomic E-state index is 13.6. The molecule has 21 heavy (non-hydrogen) atoms. The molecule has 2 aliphatic rings. The highest BCUT2D eigenvalue weighted by molar-refractivity contribution is 5.26. The summed E-state index contributed by atoms with van der Waals surface area (Å²) in [6, 6.07) is 0. The van der Waals surface area contributed by atoms with Gasteiger partial charge in [-0.05, 0) is 43.4 Å². The second-order valence-electron chi connectivity index (χ2n) is 6.17. The first kappa shape index (κ1) is 14.8. The van der Waals surface area contributed by atoms with E-state index in [-0.39, 0.29) is 12.3 Å². The van der Waals surface area contributed by atoms with Crippen molar-refractivity contribution in [1.29, 1.82) is 0 Å². The molecule has 116 valence electrons. The van der Waals surface area contributed by atoms with Gasteiger partial charge >= 0.3 is 0 Å². The van der Waals surface area contributed by atoms with Gasteiger partial charge in [-0.1, -0.05) is 6.42 Å². The SMILES string of the molecule is OC(CC1CC2CCC1C2)c1c(F)c(F)c(F)c(F)c1F. The van der Waals surface area contributed by atoms with E-state index in [9.17, 15) is 27.1 Å². The van der Waals surface area contributed by atoms with Gasteiger partial charge < -0.3 is 5.11 Å². The molecule has 2 bridgehead atoms. The molecule has 1 N–H and O–H groups in total. The van der Waals surface area contributed by atoms with Crippen LogP contribution >= 0.6 is 0 Å². The molecule has 1 aromatic carbocycles. The van der Waals surface area contributed by atoms with Crippen molar-refractivity contribution in [2.24, 2.45) is 17.8 Å². The monoisotopic (exact) mass is 306 g/mol. The Hall–Kier alpha value is -1.17. The largest absolute Gasteiger partial charge is 0.388 e. The number of benzene rings is 1. The standard InChI is InChI=1S/C15H15F5O/c16-11-10(12(17)14(19)15(20)13(11)18)9(21)5-8-4-6-1-2-7(8)3-6/h6-9,21H,1-5H2. The van der Waals surface area contributed by atoms with E-state index in [1.54, 1.807) is 0 Å². The molecule has 2 aliphatic carbocycles. The molecule has 4 unspecified atom stereocenters. The summed E-state index contributed by atoms with van der Waals surface area (Å²) in [5.74, 6) is -9.00. The van der Waals surface area contributed by atoms with Crippen molar-refractivity contribution in [3.8, 4) is 0 Å². The molecule has 2 fully saturated rings. The summed E-state index contributed by atoms with van der Waals surface area (Å²) in [6.45, 7) is 0. The van der Waals surface area contributed by atoms with Crippen LogP contribution in [-0.2, 0) is 0 Å². The third-order valence-corrected chi connectivity index (χ3v) is 4.99. The fourth-order valence-corrected chi connectivity index (χ4v) is 3.98. The molecule has 1 aromatic rings. The van der Waals surface area contributed by atoms with Crippen LogP contribution in [0.4, 0.5) is 22.0 Å². The maximum atomic E-state index is 13.6. The Morgan fingerprint density at radius 3 is 1.90 bits per heavy atom. The van der Waals surface area contributed by atoms with Gasteiger partial charge in [-0.15, -0.1) is 0 Å². The Morgan fingerprint density at radius 2 is 1.43 bits per heavy atom. The number of hydrogen-bond donors (Lipinski definition) is 1. The van der Waals surface area contributed by atoms with Crippen LogP contribution in [-0.4, -0.2) is 5.11 Å². The van der Waals surface area contributed by atoms with Crippen molar-refractivity contribution in [3.05, 3.63) is 34.6 Å². The van der Waals surface area contributed by atoms with Crippen LogP contribution in [0.15, 0.2) is 0 Å². The predicted molar refractivity (Wildman–Crippen MR) is 64.7 cm³/mol. The second-order valence-corrected chi connectivity index (χ2v) is 6.17. The third kappa shape index (κ3) is 2.33. The van der Waals surface area contributed by atoms with E-state index in [0.29, 0.717) is 11.8 Å². The van der Waals surface area contributed by atoms with Gasteiger partial charge in [0, 0.05) is 0 Å². The number of aliphatic hydroxyl groups excluding tert-OH is 1. The fourth-order valence-electron chi connectivity index (χ4n) is 3.98. The van der Waals surface area contributed by atoms with Gasteiger partial charge in [-0.3, -0.25) is 0 Å². The first-order valence-corrected chi connectivity index (χ1v) is 7.09. The van der Waals surface area contributed by atoms with Crippen LogP contribution < -0.4 is 0 Å². The molecule has 2 saturated carbocycles. The van der Waals surface area contributed by atoms with Crippen LogP contribution in [0, 0.1) is 46.8 Å². The van der Waals surface area contributed by atoms with E-state index in [1.807, 2.05) is 0 Å². The van der Waals surface area contributed by atoms with Crippen molar-refractivity contribution in [2.45, 2.75) is 38.2 Å². The van der Waals surface area contributed by atoms with Gasteiger partial charge in [-0.25, -0.2) is 22.0 Å². The van der Waals surface area contributed by atoms with Gasteiger partial charge in [0.05, 0.1) is 11.7 Å². The summed E-state index contributed by atoms with van der Waals surface area (Å²) in [4.78, 5) is 0. The zero-order chi connectivity index (χ0) is 15.3. The van der Waals surface area contributed by atoms with Gasteiger partial charge in [0.1, 0.15) is 0 Å². The summed E-state index contributed by atoms with van der Waals surface area (Å²) in [7, 11) is 0. The molecule has 0 aliphatic heterocycles. The highest BCUT2D eigenvalue weighted by Crippen LogP contribution is 2.51. The Balaban J connectivity index is 1.86. The second kappa shape index (κ2) is 5.23. The van der Waals surface area contributed by atoms with Gasteiger partial charge in [0.25, 0.3) is 0 Å². The molecule has 0 radical (unpaired) electrons. The van der Waals surface area contributed by atoms with Crippen molar-refractivity contribution in [1.82, 2.24) is 0 Å². The van der Waals surface area contributed by atoms with E-state index in [4.69, 9.17) is 0 Å². The number of fused-ring (bicyclic) bond motifs is 2. The highest BCUT2D eigenvalue weighted by atomic mass is 19.2. The lowest BCUT2D eigenvalue weighted by Crippen LogP contribution is -2.17. The normalized spacial score (nSPS) is 29.1. The zero-order valence-electron chi connectivity index (χ0n) is 11.2. The summed E-state index contributed by atoms with van der Waals surface area (Å²) >= 11 is 0. The van der Waals surface area contributed by atoms with Crippen molar-refractivity contribution < 1.29 is 27.1 Å². The summed E-state index contributed by atoms with van der Waals surface area (Å²) in [5, 5.41) is 9.97. The lowest BCUT2D eigenvalue weighted by molar-refractivity contribution is 0.115. The Morgan fingerprint density at radius 1 is 0.857 bits per heavy atom. The molecule has 0 saturated heterocycles. The van der Waals surface area contributed by atoms with Gasteiger partial charge in [0.2, 0.25) is 5.82 Å². The number of hydrogen-bond acceptors (Lipinski definition) is 1. The first-order chi connectivity index (χ1) is 9.90. The fraction of sp³-hybridized carbons (Fsp3) is 0.600. The minimum absolute atomic E-state index is 0.0412. The molecule has 0 amide bonds. The smallest absolute Gasteiger partial charge is 0.200 e. The van der Waals surface area contributed by atoms with Gasteiger partial charge in [-0.2, -0.15) is 0 Å². The average Bonchev–Trinajstić information content (AvgIpc) is 3.05. The number of halogens is 5. The Kier molecular flexibility index (Phi) is 3.67. The van der Waals surface area contributed by atoms with Crippen molar-refractivity contribution in [2.75, 3.05) is 0 Å². The Bertz CT molecular complexity index is 545. The molecule has 6 heteroatoms. The van der Waals surface area contributed by atoms with Crippen LogP contribution in [0.5, 0.6) is 0 Å². The lowest BCUT2D eigenvalue weighted by Gasteiger charge is -2.24. The third-order valence-electron chi connectivity index (χ3n) is 4.99. The quantitative estimate of drug-likeness (QED) is 0.503. The molecular weight excluding hydrogens is 291 g/mol. The van der Waals surface area contributed by atoms with Crippen LogP contribution in [0.2, 0.25) is 0 Å². The summed E-state index contributed by atoms with van der Waals surface area (Å²) in [5.41, 5.74) is -1.10. The van der Waals surface area contributed by atoms with Crippen LogP contribution in [0.3, 0.4) is 0 Å². The molecule has 0 aromatic heterocycles. The highest BCUT2D eigenvalue weighted by Gasteiger charge is 2.41. The van der Waals surface area contributed by atoms with E-state index < -0.39 is 40.8 Å². The van der Waals surface area contributed by atoms with Crippen LogP contribution in [0.1, 0.15) is 43.8 Å². The number of rotatable bonds is 3. The van der Waals surface area contributed by atoms with E-state index in [1.165, 1.54) is 0 Å². The lowest BCUT2D eigenvalue weighted by atomic mass is 9.83. The summed E-state index contributed by atoms with van der Waals surface area (Å²) < 4.78 is 66.6. The molecule has 0 heterocycles. The molecule has 3 rings (SSSR count). The first-order valence-electron chi connectivity index (χ1n) is 7.09. The zero-order valence-corrected chi connectivity index (χ0v) is 11.2. The van der Waals surface area contributed by atoms with Gasteiger partial charge in [0.15, 0.2) is 23.3 Å². The van der Waals surface area contributed by atoms with E-state index in [0.717, 1.165) is 25.7 Å². The van der Waals surface area contributed by atoms with E-state index >= 15 is 0 Å².